The third-order valence-electron chi connectivity index (χ3n) is 2.16. The van der Waals surface area contributed by atoms with Crippen LogP contribution < -0.4 is 0 Å². The largest absolute Gasteiger partial charge is 0.624 e. The second-order valence-electron chi connectivity index (χ2n) is 5.74. The molecule has 0 aliphatic carbocycles. The second-order valence-corrected chi connectivity index (χ2v) is 5.74. The number of rotatable bonds is 4. The molecule has 0 aromatic rings. The van der Waals surface area contributed by atoms with E-state index in [9.17, 15) is 5.21 Å². The zero-order valence-corrected chi connectivity index (χ0v) is 10.5. The van der Waals surface area contributed by atoms with Crippen molar-refractivity contribution < 1.29 is 4.74 Å². The van der Waals surface area contributed by atoms with E-state index in [1.54, 1.807) is 6.21 Å². The van der Waals surface area contributed by atoms with Gasteiger partial charge in [-0.1, -0.05) is 27.7 Å². The fourth-order valence-corrected chi connectivity index (χ4v) is 1.62. The highest BCUT2D eigenvalue weighted by Gasteiger charge is 2.15. The summed E-state index contributed by atoms with van der Waals surface area (Å²) >= 11 is 0. The fraction of sp³-hybridized carbons (Fsp3) is 0.917. The smallest absolute Gasteiger partial charge is 0.157 e. The molecule has 0 fully saturated rings. The zero-order chi connectivity index (χ0) is 11.4. The van der Waals surface area contributed by atoms with Gasteiger partial charge in [-0.3, -0.25) is 0 Å². The lowest BCUT2D eigenvalue weighted by Crippen LogP contribution is -2.17. The number of hydroxylamine groups is 1. The van der Waals surface area contributed by atoms with Gasteiger partial charge in [0.15, 0.2) is 12.3 Å². The Labute approximate surface area is 88.6 Å². The maximum atomic E-state index is 11.3. The van der Waals surface area contributed by atoms with E-state index in [1.165, 1.54) is 0 Å². The van der Waals surface area contributed by atoms with Gasteiger partial charge in [0, 0.05) is 6.42 Å². The highest BCUT2D eigenvalue weighted by Crippen LogP contribution is 2.25. The first kappa shape index (κ1) is 13.5. The zero-order valence-electron chi connectivity index (χ0n) is 10.5. The van der Waals surface area contributed by atoms with Crippen LogP contribution in [0.15, 0.2) is 0 Å². The van der Waals surface area contributed by atoms with Gasteiger partial charge in [-0.2, -0.15) is 0 Å². The molecule has 0 aromatic heterocycles. The van der Waals surface area contributed by atoms with Gasteiger partial charge < -0.3 is 5.21 Å². The average Bonchev–Trinajstić information content (AvgIpc) is 1.96. The van der Waals surface area contributed by atoms with Crippen LogP contribution in [0, 0.1) is 16.5 Å². The minimum Gasteiger partial charge on any atom is -0.624 e. The van der Waals surface area contributed by atoms with E-state index in [1.807, 2.05) is 13.8 Å². The molecule has 0 spiro atoms. The van der Waals surface area contributed by atoms with Gasteiger partial charge in [-0.25, -0.2) is 4.74 Å². The predicted molar refractivity (Wildman–Crippen MR) is 62.7 cm³/mol. The average molecular weight is 199 g/mol. The maximum absolute atomic E-state index is 11.3. The summed E-state index contributed by atoms with van der Waals surface area (Å²) in [7, 11) is 0. The van der Waals surface area contributed by atoms with Crippen molar-refractivity contribution in [3.05, 3.63) is 5.21 Å². The van der Waals surface area contributed by atoms with E-state index < -0.39 is 0 Å². The number of hydrogen-bond donors (Lipinski definition) is 0. The predicted octanol–water partition coefficient (Wildman–Crippen LogP) is 3.44. The summed E-state index contributed by atoms with van der Waals surface area (Å²) in [5, 5.41) is 11.3. The minimum atomic E-state index is 0.0665. The van der Waals surface area contributed by atoms with Crippen LogP contribution in [0.1, 0.15) is 54.4 Å². The van der Waals surface area contributed by atoms with E-state index >= 15 is 0 Å². The molecule has 14 heavy (non-hydrogen) atoms. The SMILES string of the molecule is CC(CC=[N+]([O-])C(C)C)CC(C)(C)C. The molecule has 1 unspecified atom stereocenters. The minimum absolute atomic E-state index is 0.0665. The van der Waals surface area contributed by atoms with E-state index in [-0.39, 0.29) is 6.04 Å². The Hall–Kier alpha value is -0.530. The van der Waals surface area contributed by atoms with E-state index in [4.69, 9.17) is 0 Å². The number of hydrogen-bond acceptors (Lipinski definition) is 1. The van der Waals surface area contributed by atoms with Crippen molar-refractivity contribution >= 4 is 6.21 Å². The topological polar surface area (TPSA) is 26.1 Å². The van der Waals surface area contributed by atoms with Crippen molar-refractivity contribution in [1.29, 1.82) is 0 Å². The molecule has 0 saturated carbocycles. The van der Waals surface area contributed by atoms with Crippen molar-refractivity contribution in [3.63, 3.8) is 0 Å². The van der Waals surface area contributed by atoms with Gasteiger partial charge in [0.1, 0.15) is 0 Å². The Bertz CT molecular complexity index is 189. The summed E-state index contributed by atoms with van der Waals surface area (Å²) in [4.78, 5) is 0. The number of nitrogens with zero attached hydrogens (tertiary/aromatic N) is 1. The summed E-state index contributed by atoms with van der Waals surface area (Å²) in [6.07, 6.45) is 3.83. The molecule has 0 N–H and O–H groups in total. The van der Waals surface area contributed by atoms with Crippen LogP contribution in [-0.2, 0) is 0 Å². The molecule has 0 aromatic carbocycles. The lowest BCUT2D eigenvalue weighted by Gasteiger charge is -2.22. The summed E-state index contributed by atoms with van der Waals surface area (Å²) in [6.45, 7) is 12.7. The van der Waals surface area contributed by atoms with Crippen molar-refractivity contribution in [3.8, 4) is 0 Å². The lowest BCUT2D eigenvalue weighted by molar-refractivity contribution is -0.488. The standard InChI is InChI=1S/C12H25NO/c1-10(2)13(14)8-7-11(3)9-12(4,5)6/h8,10-11H,7,9H2,1-6H3. The normalized spacial score (nSPS) is 16.1. The van der Waals surface area contributed by atoms with E-state index in [2.05, 4.69) is 27.7 Å². The van der Waals surface area contributed by atoms with Gasteiger partial charge in [0.25, 0.3) is 0 Å². The van der Waals surface area contributed by atoms with Crippen LogP contribution in [0.25, 0.3) is 0 Å². The third kappa shape index (κ3) is 6.93. The molecule has 1 atom stereocenters. The van der Waals surface area contributed by atoms with Crippen molar-refractivity contribution in [2.45, 2.75) is 60.4 Å². The molecule has 0 amide bonds. The molecule has 0 saturated heterocycles. The van der Waals surface area contributed by atoms with Crippen molar-refractivity contribution in [1.82, 2.24) is 0 Å². The molecular formula is C12H25NO. The Balaban J connectivity index is 3.96. The molecule has 0 rings (SSSR count). The van der Waals surface area contributed by atoms with Gasteiger partial charge >= 0.3 is 0 Å². The molecule has 0 radical (unpaired) electrons. The first-order valence-electron chi connectivity index (χ1n) is 5.51. The Morgan fingerprint density at radius 2 is 1.71 bits per heavy atom. The van der Waals surface area contributed by atoms with E-state index in [0.29, 0.717) is 11.3 Å². The molecule has 0 aliphatic heterocycles. The van der Waals surface area contributed by atoms with Crippen LogP contribution in [0.3, 0.4) is 0 Å². The Morgan fingerprint density at radius 3 is 2.07 bits per heavy atom. The first-order chi connectivity index (χ1) is 6.22. The third-order valence-corrected chi connectivity index (χ3v) is 2.16. The summed E-state index contributed by atoms with van der Waals surface area (Å²) in [6, 6.07) is 0.0665. The van der Waals surface area contributed by atoms with Gasteiger partial charge in [0.2, 0.25) is 0 Å². The molecule has 2 nitrogen and oxygen atoms in total. The molecule has 2 heteroatoms. The van der Waals surface area contributed by atoms with Crippen molar-refractivity contribution in [2.24, 2.45) is 11.3 Å². The molecule has 0 bridgehead atoms. The molecule has 84 valence electrons. The van der Waals surface area contributed by atoms with E-state index in [0.717, 1.165) is 17.6 Å². The first-order valence-corrected chi connectivity index (χ1v) is 5.51. The highest BCUT2D eigenvalue weighted by atomic mass is 16.5. The Morgan fingerprint density at radius 1 is 1.21 bits per heavy atom. The summed E-state index contributed by atoms with van der Waals surface area (Å²) in [5.74, 6) is 0.588. The van der Waals surface area contributed by atoms with Crippen LogP contribution >= 0.6 is 0 Å². The van der Waals surface area contributed by atoms with Crippen LogP contribution in [0.5, 0.6) is 0 Å². The summed E-state index contributed by atoms with van der Waals surface area (Å²) in [5.41, 5.74) is 0.360. The molecular weight excluding hydrogens is 174 g/mol. The van der Waals surface area contributed by atoms with Crippen LogP contribution in [-0.4, -0.2) is 17.0 Å². The van der Waals surface area contributed by atoms with Gasteiger partial charge in [-0.05, 0) is 31.6 Å². The second kappa shape index (κ2) is 5.38. The van der Waals surface area contributed by atoms with Gasteiger partial charge in [-0.15, -0.1) is 0 Å². The molecule has 0 heterocycles. The quantitative estimate of drug-likeness (QED) is 0.295. The summed E-state index contributed by atoms with van der Waals surface area (Å²) < 4.78 is 1.05. The highest BCUT2D eigenvalue weighted by molar-refractivity contribution is 5.51. The van der Waals surface area contributed by atoms with Gasteiger partial charge in [0.05, 0.1) is 0 Å². The monoisotopic (exact) mass is 199 g/mol. The van der Waals surface area contributed by atoms with Crippen LogP contribution in [0.2, 0.25) is 0 Å². The fourth-order valence-electron chi connectivity index (χ4n) is 1.62. The van der Waals surface area contributed by atoms with Crippen molar-refractivity contribution in [2.75, 3.05) is 0 Å². The molecule has 0 aliphatic rings. The Kier molecular flexibility index (Phi) is 5.17. The van der Waals surface area contributed by atoms with Crippen LogP contribution in [0.4, 0.5) is 0 Å². The maximum Gasteiger partial charge on any atom is 0.157 e. The lowest BCUT2D eigenvalue weighted by atomic mass is 9.84.